The number of hydrazine groups is 1. The van der Waals surface area contributed by atoms with Crippen molar-refractivity contribution in [3.05, 3.63) is 54.9 Å². The Labute approximate surface area is 168 Å². The molecule has 150 valence electrons. The van der Waals surface area contributed by atoms with Gasteiger partial charge in [-0.1, -0.05) is 39.1 Å². The summed E-state index contributed by atoms with van der Waals surface area (Å²) in [5, 5.41) is 7.19. The SMILES string of the molecule is C=C(Nc1cc2cc(C(=C)N(C)N)ccc2cn1)C1CCN(CC(C)C)CC1. The van der Waals surface area contributed by atoms with Crippen molar-refractivity contribution in [3.8, 4) is 0 Å². The number of likely N-dealkylation sites (tertiary alicyclic amines) is 1. The molecule has 5 heteroatoms. The van der Waals surface area contributed by atoms with Crippen LogP contribution >= 0.6 is 0 Å². The topological polar surface area (TPSA) is 57.4 Å². The molecule has 0 spiro atoms. The summed E-state index contributed by atoms with van der Waals surface area (Å²) < 4.78 is 0. The van der Waals surface area contributed by atoms with Gasteiger partial charge in [-0.2, -0.15) is 0 Å². The first kappa shape index (κ1) is 20.4. The quantitative estimate of drug-likeness (QED) is 0.555. The van der Waals surface area contributed by atoms with Crippen molar-refractivity contribution < 1.29 is 0 Å². The van der Waals surface area contributed by atoms with Crippen LogP contribution < -0.4 is 11.2 Å². The molecule has 0 atom stereocenters. The molecule has 28 heavy (non-hydrogen) atoms. The Bertz CT molecular complexity index is 847. The van der Waals surface area contributed by atoms with Crippen LogP contribution in [0.15, 0.2) is 49.3 Å². The zero-order valence-electron chi connectivity index (χ0n) is 17.4. The first-order valence-corrected chi connectivity index (χ1v) is 10.1. The number of hydrogen-bond acceptors (Lipinski definition) is 5. The maximum absolute atomic E-state index is 5.82. The van der Waals surface area contributed by atoms with Gasteiger partial charge >= 0.3 is 0 Å². The molecule has 1 aliphatic heterocycles. The molecule has 1 saturated heterocycles. The molecule has 2 heterocycles. The van der Waals surface area contributed by atoms with Gasteiger partial charge in [-0.25, -0.2) is 10.8 Å². The van der Waals surface area contributed by atoms with E-state index >= 15 is 0 Å². The third kappa shape index (κ3) is 4.91. The fourth-order valence-electron chi connectivity index (χ4n) is 3.84. The molecule has 0 amide bonds. The van der Waals surface area contributed by atoms with Crippen LogP contribution in [0.5, 0.6) is 0 Å². The minimum atomic E-state index is 0.498. The average molecular weight is 380 g/mol. The zero-order chi connectivity index (χ0) is 20.3. The number of anilines is 1. The second kappa shape index (κ2) is 8.76. The molecule has 2 aromatic rings. The highest BCUT2D eigenvalue weighted by molar-refractivity contribution is 5.87. The monoisotopic (exact) mass is 379 g/mol. The molecule has 1 aromatic carbocycles. The second-order valence-electron chi connectivity index (χ2n) is 8.31. The van der Waals surface area contributed by atoms with Gasteiger partial charge in [0.05, 0.1) is 5.70 Å². The van der Waals surface area contributed by atoms with E-state index in [-0.39, 0.29) is 0 Å². The molecule has 0 unspecified atom stereocenters. The number of piperidine rings is 1. The minimum Gasteiger partial charge on any atom is -0.344 e. The number of hydrogen-bond donors (Lipinski definition) is 2. The van der Waals surface area contributed by atoms with Crippen LogP contribution in [-0.4, -0.2) is 41.6 Å². The van der Waals surface area contributed by atoms with E-state index in [2.05, 4.69) is 60.4 Å². The summed E-state index contributed by atoms with van der Waals surface area (Å²) in [7, 11) is 1.79. The number of benzene rings is 1. The van der Waals surface area contributed by atoms with Crippen molar-refractivity contribution in [2.75, 3.05) is 32.0 Å². The largest absolute Gasteiger partial charge is 0.344 e. The van der Waals surface area contributed by atoms with Crippen LogP contribution in [0.25, 0.3) is 16.5 Å². The average Bonchev–Trinajstić information content (AvgIpc) is 2.66. The van der Waals surface area contributed by atoms with Crippen molar-refractivity contribution in [1.82, 2.24) is 14.9 Å². The van der Waals surface area contributed by atoms with E-state index in [1.807, 2.05) is 12.3 Å². The Morgan fingerprint density at radius 2 is 1.96 bits per heavy atom. The highest BCUT2D eigenvalue weighted by atomic mass is 15.4. The van der Waals surface area contributed by atoms with Crippen molar-refractivity contribution in [1.29, 1.82) is 0 Å². The number of aromatic nitrogens is 1. The lowest BCUT2D eigenvalue weighted by Crippen LogP contribution is -2.37. The lowest BCUT2D eigenvalue weighted by Gasteiger charge is -2.34. The molecule has 1 fully saturated rings. The smallest absolute Gasteiger partial charge is 0.130 e. The minimum absolute atomic E-state index is 0.498. The Morgan fingerprint density at radius 3 is 2.61 bits per heavy atom. The molecule has 0 radical (unpaired) electrons. The van der Waals surface area contributed by atoms with E-state index in [1.54, 1.807) is 7.05 Å². The number of fused-ring (bicyclic) bond motifs is 1. The molecular weight excluding hydrogens is 346 g/mol. The molecule has 3 rings (SSSR count). The molecule has 5 nitrogen and oxygen atoms in total. The molecule has 0 saturated carbocycles. The van der Waals surface area contributed by atoms with E-state index in [0.29, 0.717) is 5.92 Å². The van der Waals surface area contributed by atoms with Gasteiger partial charge in [0.15, 0.2) is 0 Å². The van der Waals surface area contributed by atoms with Gasteiger partial charge in [0.1, 0.15) is 5.82 Å². The molecule has 1 aromatic heterocycles. The van der Waals surface area contributed by atoms with E-state index in [9.17, 15) is 0 Å². The molecule has 3 N–H and O–H groups in total. The maximum Gasteiger partial charge on any atom is 0.130 e. The van der Waals surface area contributed by atoms with Crippen LogP contribution in [0, 0.1) is 11.8 Å². The second-order valence-corrected chi connectivity index (χ2v) is 8.31. The first-order valence-electron chi connectivity index (χ1n) is 10.1. The normalized spacial score (nSPS) is 15.8. The van der Waals surface area contributed by atoms with Gasteiger partial charge in [0, 0.05) is 36.8 Å². The van der Waals surface area contributed by atoms with Gasteiger partial charge in [-0.05, 0) is 54.9 Å². The summed E-state index contributed by atoms with van der Waals surface area (Å²) in [6.07, 6.45) is 4.20. The van der Waals surface area contributed by atoms with Gasteiger partial charge in [0.2, 0.25) is 0 Å². The number of rotatable bonds is 7. The molecule has 0 aliphatic carbocycles. The predicted octanol–water partition coefficient (Wildman–Crippen LogP) is 4.30. The highest BCUT2D eigenvalue weighted by Gasteiger charge is 2.22. The van der Waals surface area contributed by atoms with Gasteiger partial charge < -0.3 is 15.2 Å². The molecule has 0 bridgehead atoms. The van der Waals surface area contributed by atoms with Crippen LogP contribution in [0.4, 0.5) is 5.82 Å². The Hall–Kier alpha value is -2.37. The Kier molecular flexibility index (Phi) is 6.37. The van der Waals surface area contributed by atoms with Crippen LogP contribution in [0.2, 0.25) is 0 Å². The van der Waals surface area contributed by atoms with E-state index in [1.165, 1.54) is 11.6 Å². The fraction of sp³-hybridized carbons (Fsp3) is 0.435. The zero-order valence-corrected chi connectivity index (χ0v) is 17.4. The van der Waals surface area contributed by atoms with Crippen LogP contribution in [0.1, 0.15) is 32.3 Å². The van der Waals surface area contributed by atoms with E-state index < -0.39 is 0 Å². The standard InChI is InChI=1S/C23H33N5/c1-16(2)15-28-10-8-19(9-11-28)17(3)26-23-13-22-12-20(18(4)27(5)24)6-7-21(22)14-25-23/h6-7,12-14,16,19H,3-4,8-11,15,24H2,1-2,5H3,(H,25,26). The summed E-state index contributed by atoms with van der Waals surface area (Å²) >= 11 is 0. The van der Waals surface area contributed by atoms with Gasteiger partial charge in [-0.3, -0.25) is 0 Å². The highest BCUT2D eigenvalue weighted by Crippen LogP contribution is 2.27. The predicted molar refractivity (Wildman–Crippen MR) is 119 cm³/mol. The number of nitrogens with zero attached hydrogens (tertiary/aromatic N) is 3. The Morgan fingerprint density at radius 1 is 1.25 bits per heavy atom. The third-order valence-electron chi connectivity index (χ3n) is 5.47. The fourth-order valence-corrected chi connectivity index (χ4v) is 3.84. The van der Waals surface area contributed by atoms with E-state index in [0.717, 1.165) is 65.4 Å². The van der Waals surface area contributed by atoms with Crippen molar-refractivity contribution in [2.45, 2.75) is 26.7 Å². The summed E-state index contributed by atoms with van der Waals surface area (Å²) in [4.78, 5) is 7.13. The van der Waals surface area contributed by atoms with Crippen molar-refractivity contribution in [2.24, 2.45) is 17.7 Å². The van der Waals surface area contributed by atoms with E-state index in [4.69, 9.17) is 5.84 Å². The number of nitrogens with one attached hydrogen (secondary N) is 1. The summed E-state index contributed by atoms with van der Waals surface area (Å²) in [5.41, 5.74) is 2.86. The van der Waals surface area contributed by atoms with Crippen molar-refractivity contribution in [3.63, 3.8) is 0 Å². The van der Waals surface area contributed by atoms with Crippen molar-refractivity contribution >= 4 is 22.3 Å². The molecule has 1 aliphatic rings. The lowest BCUT2D eigenvalue weighted by atomic mass is 9.93. The number of nitrogens with two attached hydrogens (primary N) is 1. The maximum atomic E-state index is 5.82. The van der Waals surface area contributed by atoms with Crippen LogP contribution in [-0.2, 0) is 0 Å². The van der Waals surface area contributed by atoms with Gasteiger partial charge in [-0.15, -0.1) is 0 Å². The summed E-state index contributed by atoms with van der Waals surface area (Å²) in [6, 6.07) is 8.24. The number of pyridine rings is 1. The third-order valence-corrected chi connectivity index (χ3v) is 5.47. The Balaban J connectivity index is 1.67. The summed E-state index contributed by atoms with van der Waals surface area (Å²) in [5.74, 6) is 7.88. The number of allylic oxidation sites excluding steroid dienone is 1. The lowest BCUT2D eigenvalue weighted by molar-refractivity contribution is 0.181. The van der Waals surface area contributed by atoms with Crippen LogP contribution in [0.3, 0.4) is 0 Å². The summed E-state index contributed by atoms with van der Waals surface area (Å²) in [6.45, 7) is 16.4. The molecular formula is C23H33N5. The van der Waals surface area contributed by atoms with Gasteiger partial charge in [0.25, 0.3) is 0 Å². The first-order chi connectivity index (χ1) is 13.3.